The molecule has 0 radical (unpaired) electrons. The lowest BCUT2D eigenvalue weighted by molar-refractivity contribution is 0.122. The molecule has 0 N–H and O–H groups in total. The second-order valence-electron chi connectivity index (χ2n) is 3.29. The summed E-state index contributed by atoms with van der Waals surface area (Å²) in [6.45, 7) is 5.65. The first-order valence-electron chi connectivity index (χ1n) is 4.59. The first kappa shape index (κ1) is 8.40. The van der Waals surface area contributed by atoms with Crippen molar-refractivity contribution < 1.29 is 4.74 Å². The maximum atomic E-state index is 5.29. The van der Waals surface area contributed by atoms with Gasteiger partial charge in [0.15, 0.2) is 0 Å². The molecule has 2 rings (SSSR count). The van der Waals surface area contributed by atoms with Crippen LogP contribution in [0.4, 0.5) is 5.69 Å². The zero-order chi connectivity index (χ0) is 9.10. The molecule has 13 heavy (non-hydrogen) atoms. The summed E-state index contributed by atoms with van der Waals surface area (Å²) in [6, 6.07) is 10.2. The zero-order valence-electron chi connectivity index (χ0n) is 7.84. The van der Waals surface area contributed by atoms with Gasteiger partial charge in [-0.05, 0) is 30.7 Å². The minimum atomic E-state index is 0.821. The quantitative estimate of drug-likeness (QED) is 0.640. The summed E-state index contributed by atoms with van der Waals surface area (Å²) < 4.78 is 5.29. The highest BCUT2D eigenvalue weighted by Crippen LogP contribution is 2.13. The number of ether oxygens (including phenoxy) is 1. The number of rotatable bonds is 1. The molecule has 2 nitrogen and oxygen atoms in total. The highest BCUT2D eigenvalue weighted by atomic mass is 16.5. The fourth-order valence-corrected chi connectivity index (χ4v) is 1.49. The van der Waals surface area contributed by atoms with Crippen LogP contribution < -0.4 is 4.90 Å². The summed E-state index contributed by atoms with van der Waals surface area (Å²) in [6.07, 6.45) is 0. The average molecular weight is 175 g/mol. The van der Waals surface area contributed by atoms with Crippen molar-refractivity contribution in [2.24, 2.45) is 0 Å². The van der Waals surface area contributed by atoms with Crippen LogP contribution in [0.15, 0.2) is 12.1 Å². The molecule has 0 aliphatic carbocycles. The highest BCUT2D eigenvalue weighted by molar-refractivity contribution is 5.44. The summed E-state index contributed by atoms with van der Waals surface area (Å²) in [5.41, 5.74) is 2.38. The van der Waals surface area contributed by atoms with Crippen LogP contribution in [0.3, 0.4) is 0 Å². The molecule has 0 unspecified atom stereocenters. The highest BCUT2D eigenvalue weighted by Gasteiger charge is 2.10. The Labute approximate surface area is 79.1 Å². The molecule has 1 fully saturated rings. The van der Waals surface area contributed by atoms with Crippen molar-refractivity contribution >= 4 is 5.69 Å². The lowest BCUT2D eigenvalue weighted by atomic mass is 10.2. The smallest absolute Gasteiger partial charge is 0.0887 e. The summed E-state index contributed by atoms with van der Waals surface area (Å²) >= 11 is 0. The van der Waals surface area contributed by atoms with E-state index < -0.39 is 0 Å². The third kappa shape index (κ3) is 1.93. The van der Waals surface area contributed by atoms with Crippen LogP contribution in [0.1, 0.15) is 5.56 Å². The maximum absolute atomic E-state index is 5.29. The fourth-order valence-electron chi connectivity index (χ4n) is 1.49. The minimum absolute atomic E-state index is 0.821. The topological polar surface area (TPSA) is 12.5 Å². The SMILES string of the molecule is Cc1cc#cc(N2CCOCC2)c1. The Kier molecular flexibility index (Phi) is 2.37. The molecule has 1 aromatic carbocycles. The lowest BCUT2D eigenvalue weighted by Gasteiger charge is -2.27. The van der Waals surface area contributed by atoms with Crippen LogP contribution in [0.5, 0.6) is 0 Å². The van der Waals surface area contributed by atoms with E-state index in [0.29, 0.717) is 0 Å². The second kappa shape index (κ2) is 3.68. The van der Waals surface area contributed by atoms with Crippen LogP contribution in [-0.4, -0.2) is 26.3 Å². The van der Waals surface area contributed by atoms with E-state index in [1.807, 2.05) is 6.07 Å². The first-order valence-corrected chi connectivity index (χ1v) is 4.59. The van der Waals surface area contributed by atoms with E-state index in [0.717, 1.165) is 32.0 Å². The van der Waals surface area contributed by atoms with Gasteiger partial charge in [0.1, 0.15) is 0 Å². The van der Waals surface area contributed by atoms with Crippen molar-refractivity contribution in [3.63, 3.8) is 0 Å². The van der Waals surface area contributed by atoms with E-state index >= 15 is 0 Å². The Hall–Kier alpha value is -1.20. The number of hydrogen-bond donors (Lipinski definition) is 0. The minimum Gasteiger partial charge on any atom is -0.378 e. The molecule has 2 heteroatoms. The maximum Gasteiger partial charge on any atom is 0.0887 e. The standard InChI is InChI=1S/C11H13NO/c1-10-3-2-4-11(9-10)12-5-7-13-8-6-12/h3,9H,5-8H2,1H3. The van der Waals surface area contributed by atoms with Gasteiger partial charge in [0, 0.05) is 13.1 Å². The number of hydrogen-bond acceptors (Lipinski definition) is 2. The second-order valence-corrected chi connectivity index (χ2v) is 3.29. The molecule has 68 valence electrons. The van der Waals surface area contributed by atoms with Gasteiger partial charge < -0.3 is 9.64 Å². The van der Waals surface area contributed by atoms with Crippen LogP contribution >= 0.6 is 0 Å². The summed E-state index contributed by atoms with van der Waals surface area (Å²) in [5.74, 6) is 0. The molecule has 1 heterocycles. The fraction of sp³-hybridized carbons (Fsp3) is 0.455. The molecule has 1 aliphatic rings. The summed E-state index contributed by atoms with van der Waals surface area (Å²) in [4.78, 5) is 2.28. The zero-order valence-corrected chi connectivity index (χ0v) is 7.84. The van der Waals surface area contributed by atoms with Crippen LogP contribution in [0.25, 0.3) is 0 Å². The van der Waals surface area contributed by atoms with Gasteiger partial charge in [-0.1, -0.05) is 6.07 Å². The summed E-state index contributed by atoms with van der Waals surface area (Å²) in [7, 11) is 0. The van der Waals surface area contributed by atoms with Gasteiger partial charge in [0.05, 0.1) is 18.9 Å². The van der Waals surface area contributed by atoms with E-state index in [2.05, 4.69) is 30.0 Å². The van der Waals surface area contributed by atoms with E-state index in [1.165, 1.54) is 5.56 Å². The van der Waals surface area contributed by atoms with Crippen molar-refractivity contribution in [2.75, 3.05) is 31.2 Å². The predicted octanol–water partition coefficient (Wildman–Crippen LogP) is 1.43. The third-order valence-electron chi connectivity index (χ3n) is 2.22. The molecular formula is C11H13NO. The van der Waals surface area contributed by atoms with E-state index in [4.69, 9.17) is 4.74 Å². The molecule has 1 saturated heterocycles. The van der Waals surface area contributed by atoms with E-state index in [9.17, 15) is 0 Å². The Morgan fingerprint density at radius 2 is 2.15 bits per heavy atom. The van der Waals surface area contributed by atoms with Gasteiger partial charge in [0.2, 0.25) is 0 Å². The van der Waals surface area contributed by atoms with Crippen LogP contribution in [0.2, 0.25) is 0 Å². The number of morpholine rings is 1. The largest absolute Gasteiger partial charge is 0.378 e. The van der Waals surface area contributed by atoms with Gasteiger partial charge in [-0.15, -0.1) is 0 Å². The normalized spacial score (nSPS) is 16.8. The third-order valence-corrected chi connectivity index (χ3v) is 2.22. The van der Waals surface area contributed by atoms with Crippen molar-refractivity contribution in [1.82, 2.24) is 0 Å². The van der Waals surface area contributed by atoms with Crippen molar-refractivity contribution in [3.05, 3.63) is 29.8 Å². The van der Waals surface area contributed by atoms with Gasteiger partial charge in [-0.25, -0.2) is 0 Å². The lowest BCUT2D eigenvalue weighted by Crippen LogP contribution is -2.36. The molecule has 0 bridgehead atoms. The Morgan fingerprint density at radius 1 is 1.38 bits per heavy atom. The van der Waals surface area contributed by atoms with E-state index in [1.54, 1.807) is 0 Å². The molecule has 0 atom stereocenters. The van der Waals surface area contributed by atoms with Gasteiger partial charge in [0.25, 0.3) is 0 Å². The first-order chi connectivity index (χ1) is 6.36. The van der Waals surface area contributed by atoms with Crippen LogP contribution in [-0.2, 0) is 4.74 Å². The molecule has 1 aromatic rings. The van der Waals surface area contributed by atoms with Gasteiger partial charge >= 0.3 is 0 Å². The molecule has 0 amide bonds. The molecule has 1 aliphatic heterocycles. The number of anilines is 1. The number of nitrogens with zero attached hydrogens (tertiary/aromatic N) is 1. The van der Waals surface area contributed by atoms with Crippen molar-refractivity contribution in [1.29, 1.82) is 0 Å². The average Bonchev–Trinajstić information content (AvgIpc) is 2.19. The Morgan fingerprint density at radius 3 is 2.85 bits per heavy atom. The van der Waals surface area contributed by atoms with E-state index in [-0.39, 0.29) is 0 Å². The van der Waals surface area contributed by atoms with Crippen molar-refractivity contribution in [2.45, 2.75) is 6.92 Å². The van der Waals surface area contributed by atoms with Gasteiger partial charge in [-0.3, -0.25) is 0 Å². The Balaban J connectivity index is 2.14. The molecular weight excluding hydrogens is 162 g/mol. The van der Waals surface area contributed by atoms with Crippen molar-refractivity contribution in [3.8, 4) is 0 Å². The monoisotopic (exact) mass is 175 g/mol. The molecule has 0 aromatic heterocycles. The Bertz CT molecular complexity index is 279. The molecule has 0 spiro atoms. The predicted molar refractivity (Wildman–Crippen MR) is 51.9 cm³/mol. The summed E-state index contributed by atoms with van der Waals surface area (Å²) in [5, 5.41) is 0. The number of aryl methyl sites for hydroxylation is 1. The van der Waals surface area contributed by atoms with Gasteiger partial charge in [-0.2, -0.15) is 0 Å². The molecule has 0 saturated carbocycles. The van der Waals surface area contributed by atoms with Crippen LogP contribution in [0, 0.1) is 19.1 Å².